The molecular formula is C9H12BrN. The number of rotatable bonds is 2. The number of allylic oxidation sites excluding steroid dienone is 1. The Morgan fingerprint density at radius 3 is 2.82 bits per heavy atom. The van der Waals surface area contributed by atoms with Crippen LogP contribution in [0.2, 0.25) is 0 Å². The lowest BCUT2D eigenvalue weighted by Crippen LogP contribution is -1.88. The minimum absolute atomic E-state index is 0.442. The van der Waals surface area contributed by atoms with Gasteiger partial charge in [-0.05, 0) is 25.1 Å². The number of aryl methyl sites for hydroxylation is 1. The number of hydrogen-bond acceptors (Lipinski definition) is 0. The normalized spacial score (nSPS) is 14.1. The van der Waals surface area contributed by atoms with Crippen LogP contribution in [0.3, 0.4) is 0 Å². The molecule has 11 heavy (non-hydrogen) atoms. The first kappa shape index (κ1) is 8.60. The average Bonchev–Trinajstić information content (AvgIpc) is 2.31. The highest BCUT2D eigenvalue weighted by Gasteiger charge is 1.91. The van der Waals surface area contributed by atoms with Crippen LogP contribution in [0.25, 0.3) is 6.08 Å². The molecule has 0 amide bonds. The van der Waals surface area contributed by atoms with Crippen LogP contribution in [0, 0.1) is 0 Å². The second kappa shape index (κ2) is 3.77. The Kier molecular flexibility index (Phi) is 2.94. The zero-order valence-corrected chi connectivity index (χ0v) is 8.38. The van der Waals surface area contributed by atoms with Gasteiger partial charge in [-0.2, -0.15) is 0 Å². The maximum Gasteiger partial charge on any atom is 0.0401 e. The Balaban J connectivity index is 2.71. The highest BCUT2D eigenvalue weighted by molar-refractivity contribution is 9.09. The number of aromatic nitrogens is 1. The summed E-state index contributed by atoms with van der Waals surface area (Å²) in [6, 6.07) is 4.13. The Morgan fingerprint density at radius 1 is 1.64 bits per heavy atom. The molecule has 0 radical (unpaired) electrons. The van der Waals surface area contributed by atoms with Crippen LogP contribution < -0.4 is 0 Å². The number of nitrogens with zero attached hydrogens (tertiary/aromatic N) is 1. The summed E-state index contributed by atoms with van der Waals surface area (Å²) in [5, 5.41) is 0. The number of alkyl halides is 1. The molecule has 1 heterocycles. The van der Waals surface area contributed by atoms with Crippen molar-refractivity contribution < 1.29 is 0 Å². The van der Waals surface area contributed by atoms with Gasteiger partial charge in [0.2, 0.25) is 0 Å². The largest absolute Gasteiger partial charge is 0.351 e. The fourth-order valence-electron chi connectivity index (χ4n) is 0.879. The van der Waals surface area contributed by atoms with Crippen LogP contribution in [-0.2, 0) is 7.05 Å². The molecule has 60 valence electrons. The maximum atomic E-state index is 3.45. The summed E-state index contributed by atoms with van der Waals surface area (Å²) < 4.78 is 2.09. The molecule has 1 nitrogen and oxygen atoms in total. The van der Waals surface area contributed by atoms with Crippen molar-refractivity contribution in [2.45, 2.75) is 11.8 Å². The van der Waals surface area contributed by atoms with Gasteiger partial charge in [0, 0.05) is 23.8 Å². The van der Waals surface area contributed by atoms with Crippen LogP contribution in [0.15, 0.2) is 24.4 Å². The van der Waals surface area contributed by atoms with E-state index in [2.05, 4.69) is 45.6 Å². The van der Waals surface area contributed by atoms with E-state index in [0.29, 0.717) is 4.83 Å². The summed E-state index contributed by atoms with van der Waals surface area (Å²) in [7, 11) is 2.04. The molecule has 0 N–H and O–H groups in total. The molecule has 0 aromatic carbocycles. The first-order valence-corrected chi connectivity index (χ1v) is 4.55. The predicted molar refractivity (Wildman–Crippen MR) is 52.8 cm³/mol. The fraction of sp³-hybridized carbons (Fsp3) is 0.333. The summed E-state index contributed by atoms with van der Waals surface area (Å²) >= 11 is 3.45. The Morgan fingerprint density at radius 2 is 2.36 bits per heavy atom. The van der Waals surface area contributed by atoms with Crippen LogP contribution in [-0.4, -0.2) is 9.39 Å². The lowest BCUT2D eigenvalue weighted by Gasteiger charge is -1.96. The summed E-state index contributed by atoms with van der Waals surface area (Å²) in [5.41, 5.74) is 1.23. The average molecular weight is 214 g/mol. The predicted octanol–water partition coefficient (Wildman–Crippen LogP) is 2.82. The smallest absolute Gasteiger partial charge is 0.0401 e. The Hall–Kier alpha value is -0.500. The van der Waals surface area contributed by atoms with Gasteiger partial charge in [0.15, 0.2) is 0 Å². The molecule has 1 unspecified atom stereocenters. The highest BCUT2D eigenvalue weighted by Crippen LogP contribution is 2.06. The summed E-state index contributed by atoms with van der Waals surface area (Å²) in [6.45, 7) is 2.10. The van der Waals surface area contributed by atoms with Gasteiger partial charge in [0.05, 0.1) is 0 Å². The van der Waals surface area contributed by atoms with Gasteiger partial charge in [-0.1, -0.05) is 22.0 Å². The molecule has 0 saturated carbocycles. The van der Waals surface area contributed by atoms with Crippen LogP contribution in [0.5, 0.6) is 0 Å². The second-order valence-electron chi connectivity index (χ2n) is 2.58. The van der Waals surface area contributed by atoms with E-state index < -0.39 is 0 Å². The fourth-order valence-corrected chi connectivity index (χ4v) is 1.03. The van der Waals surface area contributed by atoms with E-state index >= 15 is 0 Å². The van der Waals surface area contributed by atoms with Gasteiger partial charge in [0.1, 0.15) is 0 Å². The number of halogens is 1. The van der Waals surface area contributed by atoms with E-state index in [0.717, 1.165) is 0 Å². The molecule has 1 atom stereocenters. The molecule has 1 aromatic heterocycles. The molecule has 0 aliphatic heterocycles. The molecule has 0 aliphatic carbocycles. The van der Waals surface area contributed by atoms with Crippen LogP contribution in [0.1, 0.15) is 12.6 Å². The second-order valence-corrected chi connectivity index (χ2v) is 4.02. The van der Waals surface area contributed by atoms with E-state index in [9.17, 15) is 0 Å². The standard InChI is InChI=1S/C9H12BrN/c1-8(10)5-6-9-4-3-7-11(9)2/h3-8H,1-2H3/b6-5+. The molecule has 1 rings (SSSR count). The highest BCUT2D eigenvalue weighted by atomic mass is 79.9. The lowest BCUT2D eigenvalue weighted by molar-refractivity contribution is 0.914. The van der Waals surface area contributed by atoms with Crippen molar-refractivity contribution in [1.82, 2.24) is 4.57 Å². The molecule has 0 saturated heterocycles. The summed E-state index contributed by atoms with van der Waals surface area (Å²) in [4.78, 5) is 0.442. The van der Waals surface area contributed by atoms with Crippen molar-refractivity contribution in [3.05, 3.63) is 30.1 Å². The van der Waals surface area contributed by atoms with Crippen molar-refractivity contribution >= 4 is 22.0 Å². The molecule has 0 bridgehead atoms. The van der Waals surface area contributed by atoms with Crippen molar-refractivity contribution in [2.75, 3.05) is 0 Å². The van der Waals surface area contributed by atoms with Crippen LogP contribution in [0.4, 0.5) is 0 Å². The van der Waals surface area contributed by atoms with Crippen molar-refractivity contribution in [3.8, 4) is 0 Å². The Labute approximate surface area is 75.9 Å². The molecule has 0 fully saturated rings. The molecule has 2 heteroatoms. The monoisotopic (exact) mass is 213 g/mol. The summed E-state index contributed by atoms with van der Waals surface area (Å²) in [5.74, 6) is 0. The molecular weight excluding hydrogens is 202 g/mol. The van der Waals surface area contributed by atoms with Gasteiger partial charge in [-0.25, -0.2) is 0 Å². The zero-order valence-electron chi connectivity index (χ0n) is 6.79. The van der Waals surface area contributed by atoms with E-state index in [1.807, 2.05) is 19.3 Å². The molecule has 1 aromatic rings. The lowest BCUT2D eigenvalue weighted by atomic mass is 10.3. The third kappa shape index (κ3) is 2.54. The first-order chi connectivity index (χ1) is 5.20. The minimum atomic E-state index is 0.442. The van der Waals surface area contributed by atoms with Gasteiger partial charge in [-0.3, -0.25) is 0 Å². The topological polar surface area (TPSA) is 4.93 Å². The van der Waals surface area contributed by atoms with E-state index in [1.165, 1.54) is 5.69 Å². The molecule has 0 spiro atoms. The van der Waals surface area contributed by atoms with Crippen molar-refractivity contribution in [1.29, 1.82) is 0 Å². The molecule has 0 aliphatic rings. The quantitative estimate of drug-likeness (QED) is 0.667. The third-order valence-electron chi connectivity index (χ3n) is 1.52. The van der Waals surface area contributed by atoms with Crippen molar-refractivity contribution in [3.63, 3.8) is 0 Å². The van der Waals surface area contributed by atoms with Gasteiger partial charge >= 0.3 is 0 Å². The van der Waals surface area contributed by atoms with E-state index in [-0.39, 0.29) is 0 Å². The van der Waals surface area contributed by atoms with Crippen LogP contribution >= 0.6 is 15.9 Å². The number of hydrogen-bond donors (Lipinski definition) is 0. The van der Waals surface area contributed by atoms with Gasteiger partial charge in [0.25, 0.3) is 0 Å². The zero-order chi connectivity index (χ0) is 8.27. The third-order valence-corrected chi connectivity index (χ3v) is 1.82. The SMILES string of the molecule is CC(Br)/C=C/c1cccn1C. The van der Waals surface area contributed by atoms with Gasteiger partial charge < -0.3 is 4.57 Å². The van der Waals surface area contributed by atoms with E-state index in [4.69, 9.17) is 0 Å². The van der Waals surface area contributed by atoms with Crippen molar-refractivity contribution in [2.24, 2.45) is 7.05 Å². The summed E-state index contributed by atoms with van der Waals surface area (Å²) in [6.07, 6.45) is 6.27. The first-order valence-electron chi connectivity index (χ1n) is 3.64. The Bertz CT molecular complexity index is 248. The maximum absolute atomic E-state index is 3.45. The van der Waals surface area contributed by atoms with E-state index in [1.54, 1.807) is 0 Å². The minimum Gasteiger partial charge on any atom is -0.351 e. The van der Waals surface area contributed by atoms with Gasteiger partial charge in [-0.15, -0.1) is 0 Å².